The molecule has 0 saturated carbocycles. The van der Waals surface area contributed by atoms with E-state index in [9.17, 15) is 18.0 Å². The van der Waals surface area contributed by atoms with Crippen molar-refractivity contribution < 1.29 is 27.5 Å². The molecule has 33 heavy (non-hydrogen) atoms. The molecule has 1 atom stereocenters. The van der Waals surface area contributed by atoms with E-state index in [1.807, 2.05) is 36.6 Å². The molecule has 8 nitrogen and oxygen atoms in total. The van der Waals surface area contributed by atoms with Gasteiger partial charge in [0.25, 0.3) is 10.0 Å². The molecule has 1 amide bonds. The Morgan fingerprint density at radius 3 is 2.52 bits per heavy atom. The van der Waals surface area contributed by atoms with Gasteiger partial charge in [-0.05, 0) is 57.0 Å². The van der Waals surface area contributed by atoms with E-state index in [2.05, 4.69) is 4.72 Å². The molecule has 170 valence electrons. The highest BCUT2D eigenvalue weighted by atomic mass is 32.2. The molecule has 0 saturated heterocycles. The number of hydrogen-bond donors (Lipinski definition) is 1. The molecule has 1 aromatic heterocycles. The third kappa shape index (κ3) is 3.68. The predicted molar refractivity (Wildman–Crippen MR) is 119 cm³/mol. The number of sulfonamides is 1. The van der Waals surface area contributed by atoms with Crippen LogP contribution in [0.3, 0.4) is 0 Å². The molecule has 0 fully saturated rings. The number of carbonyl (C=O) groups is 2. The van der Waals surface area contributed by atoms with E-state index in [0.717, 1.165) is 22.6 Å². The summed E-state index contributed by atoms with van der Waals surface area (Å²) >= 11 is 0. The third-order valence-corrected chi connectivity index (χ3v) is 7.40. The molecular weight excluding hydrogens is 444 g/mol. The second kappa shape index (κ2) is 7.77. The molecule has 1 N–H and O–H groups in total. The fourth-order valence-corrected chi connectivity index (χ4v) is 5.38. The largest absolute Gasteiger partial charge is 0.454 e. The number of nitrogens with zero attached hydrogens (tertiary/aromatic N) is 1. The van der Waals surface area contributed by atoms with Crippen LogP contribution in [0.2, 0.25) is 0 Å². The smallest absolute Gasteiger partial charge is 0.264 e. The van der Waals surface area contributed by atoms with Crippen molar-refractivity contribution in [2.45, 2.75) is 31.6 Å². The molecule has 2 aliphatic rings. The van der Waals surface area contributed by atoms with Crippen LogP contribution in [-0.4, -0.2) is 31.5 Å². The second-order valence-corrected chi connectivity index (χ2v) is 9.94. The number of ether oxygens (including phenoxy) is 2. The van der Waals surface area contributed by atoms with Gasteiger partial charge in [-0.3, -0.25) is 9.59 Å². The maximum Gasteiger partial charge on any atom is 0.264 e. The first-order valence-electron chi connectivity index (χ1n) is 10.5. The molecule has 0 radical (unpaired) electrons. The highest BCUT2D eigenvalue weighted by Gasteiger charge is 2.37. The topological polar surface area (TPSA) is 104 Å². The number of benzene rings is 2. The van der Waals surface area contributed by atoms with Crippen molar-refractivity contribution in [3.63, 3.8) is 0 Å². The lowest BCUT2D eigenvalue weighted by Gasteiger charge is -2.22. The molecule has 1 aliphatic heterocycles. The Morgan fingerprint density at radius 1 is 1.03 bits per heavy atom. The summed E-state index contributed by atoms with van der Waals surface area (Å²) in [6.45, 7) is 3.89. The minimum absolute atomic E-state index is 0.0183. The number of nitrogens with one attached hydrogen (secondary N) is 1. The second-order valence-electron chi connectivity index (χ2n) is 8.26. The van der Waals surface area contributed by atoms with Crippen LogP contribution in [0.4, 0.5) is 0 Å². The summed E-state index contributed by atoms with van der Waals surface area (Å²) in [4.78, 5) is 26.0. The number of ketones is 1. The van der Waals surface area contributed by atoms with E-state index in [1.165, 1.54) is 12.1 Å². The monoisotopic (exact) mass is 466 g/mol. The lowest BCUT2D eigenvalue weighted by molar-refractivity contribution is -0.122. The summed E-state index contributed by atoms with van der Waals surface area (Å²) < 4.78 is 40.1. The van der Waals surface area contributed by atoms with Crippen molar-refractivity contribution in [3.8, 4) is 17.2 Å². The molecule has 5 rings (SSSR count). The third-order valence-electron chi connectivity index (χ3n) is 6.04. The van der Waals surface area contributed by atoms with Gasteiger partial charge in [-0.15, -0.1) is 0 Å². The SMILES string of the molecule is Cc1ccc(S(=O)(=O)NC(=O)[C@@H]2CCc3c(cc(C)n3-c3ccc4c(c3)OCO4)C2=O)cc1. The minimum atomic E-state index is -4.06. The van der Waals surface area contributed by atoms with Crippen molar-refractivity contribution in [1.82, 2.24) is 9.29 Å². The van der Waals surface area contributed by atoms with Crippen LogP contribution in [-0.2, 0) is 21.2 Å². The maximum absolute atomic E-state index is 13.2. The zero-order chi connectivity index (χ0) is 23.3. The summed E-state index contributed by atoms with van der Waals surface area (Å²) in [5, 5.41) is 0. The summed E-state index contributed by atoms with van der Waals surface area (Å²) in [5.74, 6) is -0.949. The van der Waals surface area contributed by atoms with Crippen LogP contribution in [0, 0.1) is 19.8 Å². The minimum Gasteiger partial charge on any atom is -0.454 e. The van der Waals surface area contributed by atoms with Crippen LogP contribution in [0.25, 0.3) is 5.69 Å². The molecule has 2 heterocycles. The van der Waals surface area contributed by atoms with E-state index in [0.29, 0.717) is 23.5 Å². The van der Waals surface area contributed by atoms with Gasteiger partial charge in [0.2, 0.25) is 12.7 Å². The van der Waals surface area contributed by atoms with Crippen molar-refractivity contribution in [1.29, 1.82) is 0 Å². The zero-order valence-electron chi connectivity index (χ0n) is 18.1. The van der Waals surface area contributed by atoms with E-state index in [4.69, 9.17) is 9.47 Å². The fourth-order valence-electron chi connectivity index (χ4n) is 4.36. The molecular formula is C24H22N2O6S. The zero-order valence-corrected chi connectivity index (χ0v) is 18.9. The number of carbonyl (C=O) groups excluding carboxylic acids is 2. The van der Waals surface area contributed by atoms with Crippen LogP contribution >= 0.6 is 0 Å². The van der Waals surface area contributed by atoms with Gasteiger partial charge in [-0.2, -0.15) is 0 Å². The van der Waals surface area contributed by atoms with E-state index >= 15 is 0 Å². The van der Waals surface area contributed by atoms with Crippen LogP contribution in [0.1, 0.15) is 33.7 Å². The first-order chi connectivity index (χ1) is 15.7. The van der Waals surface area contributed by atoms with Gasteiger partial charge in [-0.1, -0.05) is 17.7 Å². The summed E-state index contributed by atoms with van der Waals surface area (Å²) in [6, 6.07) is 13.5. The van der Waals surface area contributed by atoms with Crippen LogP contribution in [0.5, 0.6) is 11.5 Å². The fraction of sp³-hybridized carbons (Fsp3) is 0.250. The highest BCUT2D eigenvalue weighted by molar-refractivity contribution is 7.90. The standard InChI is InChI=1S/C24H22N2O6S/c1-14-3-6-17(7-4-14)33(29,30)25-24(28)18-8-9-20-19(23(18)27)11-15(2)26(20)16-5-10-21-22(12-16)32-13-31-21/h3-7,10-12,18H,8-9,13H2,1-2H3,(H,25,28)/t18-/m1/s1. The maximum atomic E-state index is 13.2. The van der Waals surface area contributed by atoms with Gasteiger partial charge < -0.3 is 14.0 Å². The van der Waals surface area contributed by atoms with Gasteiger partial charge in [0.1, 0.15) is 5.92 Å². The number of aromatic nitrogens is 1. The van der Waals surface area contributed by atoms with Crippen molar-refractivity contribution in [2.75, 3.05) is 6.79 Å². The lowest BCUT2D eigenvalue weighted by Crippen LogP contribution is -2.41. The first-order valence-corrected chi connectivity index (χ1v) is 12.0. The van der Waals surface area contributed by atoms with Gasteiger partial charge >= 0.3 is 0 Å². The number of hydrogen-bond acceptors (Lipinski definition) is 6. The molecule has 9 heteroatoms. The quantitative estimate of drug-likeness (QED) is 0.593. The molecule has 0 bridgehead atoms. The average molecular weight is 467 g/mol. The summed E-state index contributed by atoms with van der Waals surface area (Å²) in [6.07, 6.45) is 0.668. The Kier molecular flexibility index (Phi) is 5.01. The van der Waals surface area contributed by atoms with E-state index < -0.39 is 21.8 Å². The Labute approximate surface area is 191 Å². The Bertz CT molecular complexity index is 1390. The van der Waals surface area contributed by atoms with E-state index in [1.54, 1.807) is 18.2 Å². The van der Waals surface area contributed by atoms with E-state index in [-0.39, 0.29) is 23.9 Å². The van der Waals surface area contributed by atoms with Crippen molar-refractivity contribution in [2.24, 2.45) is 5.92 Å². The average Bonchev–Trinajstić information content (AvgIpc) is 3.37. The Morgan fingerprint density at radius 2 is 1.76 bits per heavy atom. The molecule has 1 aliphatic carbocycles. The van der Waals surface area contributed by atoms with Gasteiger partial charge in [0.05, 0.1) is 4.90 Å². The van der Waals surface area contributed by atoms with Gasteiger partial charge in [-0.25, -0.2) is 13.1 Å². The van der Waals surface area contributed by atoms with Crippen LogP contribution < -0.4 is 14.2 Å². The first kappa shape index (κ1) is 21.3. The number of aryl methyl sites for hydroxylation is 2. The summed E-state index contributed by atoms with van der Waals surface area (Å²) in [7, 11) is -4.06. The van der Waals surface area contributed by atoms with Gasteiger partial charge in [0, 0.05) is 28.7 Å². The lowest BCUT2D eigenvalue weighted by atomic mass is 9.86. The summed E-state index contributed by atoms with van der Waals surface area (Å²) in [5.41, 5.74) is 3.79. The molecule has 2 aromatic carbocycles. The molecule has 3 aromatic rings. The van der Waals surface area contributed by atoms with Crippen LogP contribution in [0.15, 0.2) is 53.4 Å². The normalized spacial score (nSPS) is 17.0. The predicted octanol–water partition coefficient (Wildman–Crippen LogP) is 3.07. The highest BCUT2D eigenvalue weighted by Crippen LogP contribution is 2.36. The number of Topliss-reactive ketones (excluding diaryl/α,β-unsaturated/α-hetero) is 1. The Hall–Kier alpha value is -3.59. The van der Waals surface area contributed by atoms with Crippen molar-refractivity contribution in [3.05, 3.63) is 71.0 Å². The number of fused-ring (bicyclic) bond motifs is 2. The molecule has 0 spiro atoms. The number of amides is 1. The van der Waals surface area contributed by atoms with Gasteiger partial charge in [0.15, 0.2) is 17.3 Å². The Balaban J connectivity index is 1.41. The van der Waals surface area contributed by atoms with Crippen molar-refractivity contribution >= 4 is 21.7 Å². The molecule has 0 unspecified atom stereocenters. The number of rotatable bonds is 4.